The highest BCUT2D eigenvalue weighted by molar-refractivity contribution is 5.79. The Balaban J connectivity index is 2.53. The molecular formula is C17H26F3N3O. The van der Waals surface area contributed by atoms with Crippen LogP contribution in [0.25, 0.3) is 0 Å². The Morgan fingerprint density at radius 3 is 2.62 bits per heavy atom. The van der Waals surface area contributed by atoms with E-state index in [0.717, 1.165) is 44.5 Å². The lowest BCUT2D eigenvalue weighted by Crippen LogP contribution is -2.37. The van der Waals surface area contributed by atoms with E-state index in [4.69, 9.17) is 4.74 Å². The molecule has 136 valence electrons. The van der Waals surface area contributed by atoms with Crippen LogP contribution in [0.1, 0.15) is 37.3 Å². The van der Waals surface area contributed by atoms with Crippen molar-refractivity contribution in [2.45, 2.75) is 38.9 Å². The first-order valence-electron chi connectivity index (χ1n) is 8.14. The van der Waals surface area contributed by atoms with Gasteiger partial charge in [0.2, 0.25) is 0 Å². The number of hydrogen-bond acceptors (Lipinski definition) is 2. The number of unbranched alkanes of at least 4 members (excludes halogenated alkanes) is 2. The van der Waals surface area contributed by atoms with Crippen molar-refractivity contribution in [1.82, 2.24) is 10.6 Å². The maximum atomic E-state index is 12.7. The van der Waals surface area contributed by atoms with Crippen molar-refractivity contribution in [3.8, 4) is 0 Å². The van der Waals surface area contributed by atoms with Crippen molar-refractivity contribution >= 4 is 5.96 Å². The van der Waals surface area contributed by atoms with Crippen LogP contribution in [-0.2, 0) is 17.5 Å². The number of aliphatic imine (C=N–C) groups is 1. The number of guanidine groups is 1. The molecule has 0 fully saturated rings. The Morgan fingerprint density at radius 1 is 1.17 bits per heavy atom. The highest BCUT2D eigenvalue weighted by atomic mass is 19.4. The van der Waals surface area contributed by atoms with Gasteiger partial charge >= 0.3 is 6.18 Å². The first kappa shape index (κ1) is 20.3. The maximum Gasteiger partial charge on any atom is 0.416 e. The Morgan fingerprint density at radius 2 is 1.96 bits per heavy atom. The molecule has 0 saturated heterocycles. The normalized spacial score (nSPS) is 12.3. The van der Waals surface area contributed by atoms with Crippen molar-refractivity contribution in [3.63, 3.8) is 0 Å². The standard InChI is InChI=1S/C17H26F3N3O/c1-3-21-16(22-10-5-4-6-11-24-2)23-13-14-8-7-9-15(12-14)17(18,19)20/h7-9,12H,3-6,10-11,13H2,1-2H3,(H2,21,22,23). The molecule has 0 radical (unpaired) electrons. The number of ether oxygens (including phenoxy) is 1. The minimum atomic E-state index is -4.33. The van der Waals surface area contributed by atoms with Crippen molar-refractivity contribution in [2.75, 3.05) is 26.8 Å². The van der Waals surface area contributed by atoms with Crippen LogP contribution < -0.4 is 10.6 Å². The van der Waals surface area contributed by atoms with Crippen molar-refractivity contribution in [3.05, 3.63) is 35.4 Å². The molecule has 1 aromatic rings. The van der Waals surface area contributed by atoms with E-state index in [1.807, 2.05) is 6.92 Å². The molecule has 0 aliphatic carbocycles. The minimum absolute atomic E-state index is 0.197. The molecule has 0 amide bonds. The Kier molecular flexibility index (Phi) is 9.22. The van der Waals surface area contributed by atoms with Crippen LogP contribution in [0.3, 0.4) is 0 Å². The second kappa shape index (κ2) is 10.9. The number of nitrogens with zero attached hydrogens (tertiary/aromatic N) is 1. The number of hydrogen-bond donors (Lipinski definition) is 2. The Bertz CT molecular complexity index is 504. The lowest BCUT2D eigenvalue weighted by Gasteiger charge is -2.12. The first-order chi connectivity index (χ1) is 11.5. The molecule has 0 unspecified atom stereocenters. The maximum absolute atomic E-state index is 12.7. The van der Waals surface area contributed by atoms with E-state index in [-0.39, 0.29) is 6.54 Å². The molecule has 1 aromatic carbocycles. The Labute approximate surface area is 141 Å². The monoisotopic (exact) mass is 345 g/mol. The topological polar surface area (TPSA) is 45.7 Å². The van der Waals surface area contributed by atoms with Crippen LogP contribution in [-0.4, -0.2) is 32.8 Å². The average Bonchev–Trinajstić information content (AvgIpc) is 2.55. The summed E-state index contributed by atoms with van der Waals surface area (Å²) in [4.78, 5) is 4.34. The molecule has 0 spiro atoms. The van der Waals surface area contributed by atoms with Gasteiger partial charge in [0.25, 0.3) is 0 Å². The number of nitrogens with one attached hydrogen (secondary N) is 2. The zero-order chi connectivity index (χ0) is 17.8. The van der Waals surface area contributed by atoms with Gasteiger partial charge in [-0.05, 0) is 43.9 Å². The van der Waals surface area contributed by atoms with Gasteiger partial charge in [-0.15, -0.1) is 0 Å². The van der Waals surface area contributed by atoms with Crippen LogP contribution in [0.2, 0.25) is 0 Å². The summed E-state index contributed by atoms with van der Waals surface area (Å²) in [5, 5.41) is 6.28. The summed E-state index contributed by atoms with van der Waals surface area (Å²) >= 11 is 0. The van der Waals surface area contributed by atoms with Crippen LogP contribution in [0.15, 0.2) is 29.3 Å². The summed E-state index contributed by atoms with van der Waals surface area (Å²) < 4.78 is 43.1. The number of rotatable bonds is 9. The second-order valence-electron chi connectivity index (χ2n) is 5.37. The fourth-order valence-electron chi connectivity index (χ4n) is 2.11. The molecule has 0 bridgehead atoms. The zero-order valence-corrected chi connectivity index (χ0v) is 14.2. The van der Waals surface area contributed by atoms with Gasteiger partial charge in [-0.25, -0.2) is 4.99 Å². The van der Waals surface area contributed by atoms with Gasteiger partial charge in [-0.3, -0.25) is 0 Å². The van der Waals surface area contributed by atoms with Crippen molar-refractivity contribution in [1.29, 1.82) is 0 Å². The van der Waals surface area contributed by atoms with Gasteiger partial charge in [-0.2, -0.15) is 13.2 Å². The van der Waals surface area contributed by atoms with Crippen molar-refractivity contribution in [2.24, 2.45) is 4.99 Å². The fourth-order valence-corrected chi connectivity index (χ4v) is 2.11. The van der Waals surface area contributed by atoms with E-state index < -0.39 is 11.7 Å². The third kappa shape index (κ3) is 8.19. The summed E-state index contributed by atoms with van der Waals surface area (Å²) in [7, 11) is 1.68. The number of halogens is 3. The van der Waals surface area contributed by atoms with E-state index in [1.165, 1.54) is 6.07 Å². The third-order valence-corrected chi connectivity index (χ3v) is 3.34. The SMILES string of the molecule is CCNC(=NCc1cccc(C(F)(F)F)c1)NCCCCCOC. The van der Waals surface area contributed by atoms with E-state index >= 15 is 0 Å². The fraction of sp³-hybridized carbons (Fsp3) is 0.588. The summed E-state index contributed by atoms with van der Waals surface area (Å²) in [5.74, 6) is 0.613. The molecule has 7 heteroatoms. The molecular weight excluding hydrogens is 319 g/mol. The van der Waals surface area contributed by atoms with Gasteiger partial charge < -0.3 is 15.4 Å². The largest absolute Gasteiger partial charge is 0.416 e. The number of alkyl halides is 3. The average molecular weight is 345 g/mol. The molecule has 0 aliphatic rings. The van der Waals surface area contributed by atoms with Gasteiger partial charge in [0.1, 0.15) is 0 Å². The van der Waals surface area contributed by atoms with E-state index in [2.05, 4.69) is 15.6 Å². The number of benzene rings is 1. The smallest absolute Gasteiger partial charge is 0.385 e. The summed E-state index contributed by atoms with van der Waals surface area (Å²) in [6.07, 6.45) is -1.29. The predicted octanol–water partition coefficient (Wildman–Crippen LogP) is 3.58. The second-order valence-corrected chi connectivity index (χ2v) is 5.37. The summed E-state index contributed by atoms with van der Waals surface area (Å²) in [5.41, 5.74) is -0.117. The van der Waals surface area contributed by atoms with Gasteiger partial charge in [-0.1, -0.05) is 12.1 Å². The van der Waals surface area contributed by atoms with Crippen LogP contribution >= 0.6 is 0 Å². The van der Waals surface area contributed by atoms with Crippen LogP contribution in [0, 0.1) is 0 Å². The third-order valence-electron chi connectivity index (χ3n) is 3.34. The number of methoxy groups -OCH3 is 1. The van der Waals surface area contributed by atoms with Crippen LogP contribution in [0.5, 0.6) is 0 Å². The lowest BCUT2D eigenvalue weighted by molar-refractivity contribution is -0.137. The molecule has 0 aliphatic heterocycles. The first-order valence-corrected chi connectivity index (χ1v) is 8.14. The lowest BCUT2D eigenvalue weighted by atomic mass is 10.1. The van der Waals surface area contributed by atoms with E-state index in [0.29, 0.717) is 18.1 Å². The highest BCUT2D eigenvalue weighted by Crippen LogP contribution is 2.29. The predicted molar refractivity (Wildman–Crippen MR) is 90.0 cm³/mol. The van der Waals surface area contributed by atoms with E-state index in [1.54, 1.807) is 13.2 Å². The minimum Gasteiger partial charge on any atom is -0.385 e. The molecule has 24 heavy (non-hydrogen) atoms. The molecule has 0 saturated carbocycles. The Hall–Kier alpha value is -1.76. The molecule has 4 nitrogen and oxygen atoms in total. The molecule has 0 heterocycles. The molecule has 0 atom stereocenters. The molecule has 2 N–H and O–H groups in total. The van der Waals surface area contributed by atoms with Gasteiger partial charge in [0.15, 0.2) is 5.96 Å². The quantitative estimate of drug-likeness (QED) is 0.408. The van der Waals surface area contributed by atoms with Gasteiger partial charge in [0, 0.05) is 26.8 Å². The molecule has 1 rings (SSSR count). The van der Waals surface area contributed by atoms with E-state index in [9.17, 15) is 13.2 Å². The highest BCUT2D eigenvalue weighted by Gasteiger charge is 2.30. The summed E-state index contributed by atoms with van der Waals surface area (Å²) in [6.45, 7) is 4.35. The van der Waals surface area contributed by atoms with Gasteiger partial charge in [0.05, 0.1) is 12.1 Å². The molecule has 0 aromatic heterocycles. The van der Waals surface area contributed by atoms with Crippen LogP contribution in [0.4, 0.5) is 13.2 Å². The summed E-state index contributed by atoms with van der Waals surface area (Å²) in [6, 6.07) is 5.26. The van der Waals surface area contributed by atoms with Crippen molar-refractivity contribution < 1.29 is 17.9 Å². The zero-order valence-electron chi connectivity index (χ0n) is 14.2.